The first kappa shape index (κ1) is 24.7. The Balaban J connectivity index is 1.51. The van der Waals surface area contributed by atoms with Crippen LogP contribution in [0.5, 0.6) is 0 Å². The van der Waals surface area contributed by atoms with Crippen molar-refractivity contribution in [1.29, 1.82) is 0 Å². The van der Waals surface area contributed by atoms with E-state index in [9.17, 15) is 9.90 Å². The summed E-state index contributed by atoms with van der Waals surface area (Å²) in [6.45, 7) is 5.61. The van der Waals surface area contributed by atoms with Crippen molar-refractivity contribution in [2.24, 2.45) is 0 Å². The quantitative estimate of drug-likeness (QED) is 0.376. The van der Waals surface area contributed by atoms with Gasteiger partial charge in [0.25, 0.3) is 5.91 Å². The molecule has 184 valence electrons. The monoisotopic (exact) mass is 495 g/mol. The van der Waals surface area contributed by atoms with Gasteiger partial charge in [0.15, 0.2) is 5.82 Å². The number of anilines is 5. The van der Waals surface area contributed by atoms with Gasteiger partial charge in [-0.05, 0) is 44.3 Å². The molecule has 2 aromatic carbocycles. The Hall–Kier alpha value is -3.40. The van der Waals surface area contributed by atoms with E-state index < -0.39 is 0 Å². The Morgan fingerprint density at radius 2 is 1.89 bits per heavy atom. The van der Waals surface area contributed by atoms with Gasteiger partial charge in [0, 0.05) is 43.6 Å². The number of aromatic nitrogens is 2. The summed E-state index contributed by atoms with van der Waals surface area (Å²) in [7, 11) is 2.14. The summed E-state index contributed by atoms with van der Waals surface area (Å²) in [5.74, 6) is 0.442. The van der Waals surface area contributed by atoms with Gasteiger partial charge in [0.1, 0.15) is 5.02 Å². The molecule has 0 bridgehead atoms. The highest BCUT2D eigenvalue weighted by molar-refractivity contribution is 6.33. The number of piperazine rings is 1. The second kappa shape index (κ2) is 11.4. The topological polar surface area (TPSA) is 106 Å². The summed E-state index contributed by atoms with van der Waals surface area (Å²) >= 11 is 6.37. The summed E-state index contributed by atoms with van der Waals surface area (Å²) < 4.78 is 0. The van der Waals surface area contributed by atoms with Crippen LogP contribution >= 0.6 is 11.6 Å². The molecule has 1 amide bonds. The predicted octanol–water partition coefficient (Wildman–Crippen LogP) is 3.48. The number of nitrogens with zero attached hydrogens (tertiary/aromatic N) is 4. The molecule has 0 unspecified atom stereocenters. The third kappa shape index (κ3) is 6.39. The Kier molecular flexibility index (Phi) is 8.02. The van der Waals surface area contributed by atoms with Crippen LogP contribution in [0.3, 0.4) is 0 Å². The molecule has 0 radical (unpaired) electrons. The zero-order chi connectivity index (χ0) is 24.8. The Morgan fingerprint density at radius 3 is 2.66 bits per heavy atom. The van der Waals surface area contributed by atoms with Gasteiger partial charge in [0.05, 0.1) is 24.1 Å². The normalized spacial score (nSPS) is 14.9. The zero-order valence-corrected chi connectivity index (χ0v) is 20.6. The van der Waals surface area contributed by atoms with E-state index in [0.29, 0.717) is 28.0 Å². The van der Waals surface area contributed by atoms with Crippen molar-refractivity contribution in [2.75, 3.05) is 55.4 Å². The van der Waals surface area contributed by atoms with Gasteiger partial charge in [-0.2, -0.15) is 4.98 Å². The molecule has 2 heterocycles. The number of para-hydroxylation sites is 1. The number of nitrogens with one attached hydrogen (secondary N) is 3. The number of aliphatic hydroxyl groups excluding tert-OH is 1. The number of amides is 1. The molecule has 1 saturated heterocycles. The van der Waals surface area contributed by atoms with Crippen LogP contribution in [0.15, 0.2) is 54.7 Å². The van der Waals surface area contributed by atoms with Gasteiger partial charge < -0.3 is 30.9 Å². The summed E-state index contributed by atoms with van der Waals surface area (Å²) in [5.41, 5.74) is 2.97. The molecule has 1 aromatic heterocycles. The van der Waals surface area contributed by atoms with E-state index in [0.717, 1.165) is 37.6 Å². The smallest absolute Gasteiger partial charge is 0.253 e. The predicted molar refractivity (Wildman–Crippen MR) is 140 cm³/mol. The lowest BCUT2D eigenvalue weighted by Gasteiger charge is -2.34. The second-order valence-corrected chi connectivity index (χ2v) is 8.99. The fourth-order valence-electron chi connectivity index (χ4n) is 3.75. The lowest BCUT2D eigenvalue weighted by atomic mass is 10.1. The van der Waals surface area contributed by atoms with E-state index in [1.807, 2.05) is 18.2 Å². The van der Waals surface area contributed by atoms with Crippen molar-refractivity contribution in [3.63, 3.8) is 0 Å². The summed E-state index contributed by atoms with van der Waals surface area (Å²) in [5, 5.41) is 18.7. The molecule has 10 heteroatoms. The highest BCUT2D eigenvalue weighted by Gasteiger charge is 2.16. The average Bonchev–Trinajstić information content (AvgIpc) is 2.87. The maximum absolute atomic E-state index is 12.7. The first-order valence-corrected chi connectivity index (χ1v) is 11.9. The molecule has 1 atom stereocenters. The zero-order valence-electron chi connectivity index (χ0n) is 19.8. The van der Waals surface area contributed by atoms with E-state index in [-0.39, 0.29) is 18.6 Å². The van der Waals surface area contributed by atoms with Crippen molar-refractivity contribution in [3.05, 3.63) is 65.3 Å². The molecule has 0 aliphatic carbocycles. The molecule has 1 aliphatic rings. The summed E-state index contributed by atoms with van der Waals surface area (Å²) in [4.78, 5) is 26.2. The maximum atomic E-state index is 12.7. The number of halogens is 1. The van der Waals surface area contributed by atoms with E-state index in [1.54, 1.807) is 25.1 Å². The van der Waals surface area contributed by atoms with Crippen LogP contribution in [-0.2, 0) is 0 Å². The van der Waals surface area contributed by atoms with E-state index in [1.165, 1.54) is 6.20 Å². The molecular formula is C25H30ClN7O2. The van der Waals surface area contributed by atoms with Crippen LogP contribution in [0.2, 0.25) is 5.02 Å². The van der Waals surface area contributed by atoms with Crippen LogP contribution < -0.4 is 20.9 Å². The van der Waals surface area contributed by atoms with Crippen molar-refractivity contribution in [3.8, 4) is 0 Å². The number of likely N-dealkylation sites (N-methyl/N-ethyl adjacent to an activating group) is 1. The van der Waals surface area contributed by atoms with Crippen LogP contribution in [-0.4, -0.2) is 71.8 Å². The average molecular weight is 496 g/mol. The molecule has 0 spiro atoms. The first-order valence-electron chi connectivity index (χ1n) is 11.5. The highest BCUT2D eigenvalue weighted by atomic mass is 35.5. The minimum absolute atomic E-state index is 0.149. The second-order valence-electron chi connectivity index (χ2n) is 8.58. The van der Waals surface area contributed by atoms with Crippen LogP contribution in [0.4, 0.5) is 28.8 Å². The van der Waals surface area contributed by atoms with E-state index >= 15 is 0 Å². The van der Waals surface area contributed by atoms with Crippen LogP contribution in [0.25, 0.3) is 0 Å². The minimum Gasteiger partial charge on any atom is -0.394 e. The number of hydrogen-bond donors (Lipinski definition) is 4. The van der Waals surface area contributed by atoms with Crippen molar-refractivity contribution in [2.45, 2.75) is 13.0 Å². The third-order valence-corrected chi connectivity index (χ3v) is 6.07. The molecule has 3 aromatic rings. The number of carbonyl (C=O) groups excluding carboxylic acids is 1. The molecular weight excluding hydrogens is 466 g/mol. The van der Waals surface area contributed by atoms with Crippen LogP contribution in [0.1, 0.15) is 17.3 Å². The van der Waals surface area contributed by atoms with Gasteiger partial charge >= 0.3 is 0 Å². The molecule has 0 saturated carbocycles. The van der Waals surface area contributed by atoms with Gasteiger partial charge in [-0.3, -0.25) is 4.79 Å². The molecule has 1 fully saturated rings. The molecule has 4 rings (SSSR count). The number of carbonyl (C=O) groups is 1. The molecule has 35 heavy (non-hydrogen) atoms. The van der Waals surface area contributed by atoms with Gasteiger partial charge in [-0.25, -0.2) is 4.98 Å². The molecule has 1 aliphatic heterocycles. The number of hydrogen-bond acceptors (Lipinski definition) is 8. The largest absolute Gasteiger partial charge is 0.394 e. The number of benzene rings is 2. The van der Waals surface area contributed by atoms with Crippen molar-refractivity contribution >= 4 is 46.3 Å². The van der Waals surface area contributed by atoms with Crippen LogP contribution in [0, 0.1) is 0 Å². The SMILES string of the molecule is C[C@@H](CO)NC(=O)c1ccccc1Nc1nc(Nc2cccc(N3CCN(C)CC3)c2)ncc1Cl. The number of rotatable bonds is 8. The highest BCUT2D eigenvalue weighted by Crippen LogP contribution is 2.28. The van der Waals surface area contributed by atoms with Gasteiger partial charge in [-0.1, -0.05) is 29.8 Å². The van der Waals surface area contributed by atoms with Crippen molar-refractivity contribution in [1.82, 2.24) is 20.2 Å². The van der Waals surface area contributed by atoms with E-state index in [4.69, 9.17) is 11.6 Å². The fourth-order valence-corrected chi connectivity index (χ4v) is 3.89. The lowest BCUT2D eigenvalue weighted by molar-refractivity contribution is 0.0923. The Bertz CT molecular complexity index is 1170. The minimum atomic E-state index is -0.365. The van der Waals surface area contributed by atoms with E-state index in [2.05, 4.69) is 54.9 Å². The summed E-state index contributed by atoms with van der Waals surface area (Å²) in [6, 6.07) is 14.8. The summed E-state index contributed by atoms with van der Waals surface area (Å²) in [6.07, 6.45) is 1.51. The fraction of sp³-hybridized carbons (Fsp3) is 0.320. The lowest BCUT2D eigenvalue weighted by Crippen LogP contribution is -2.44. The third-order valence-electron chi connectivity index (χ3n) is 5.79. The first-order chi connectivity index (χ1) is 16.9. The Morgan fingerprint density at radius 1 is 1.11 bits per heavy atom. The standard InChI is InChI=1S/C25H30ClN7O2/c1-17(16-34)28-24(35)20-8-3-4-9-22(20)30-23-21(26)15-27-25(31-23)29-18-6-5-7-19(14-18)33-12-10-32(2)11-13-33/h3-9,14-15,17,34H,10-13,16H2,1-2H3,(H,28,35)(H2,27,29,30,31)/t17-/m0/s1. The van der Waals surface area contributed by atoms with Gasteiger partial charge in [-0.15, -0.1) is 0 Å². The number of aliphatic hydroxyl groups is 1. The Labute approximate surface area is 210 Å². The van der Waals surface area contributed by atoms with Crippen molar-refractivity contribution < 1.29 is 9.90 Å². The molecule has 4 N–H and O–H groups in total. The maximum Gasteiger partial charge on any atom is 0.253 e. The van der Waals surface area contributed by atoms with Gasteiger partial charge in [0.2, 0.25) is 5.95 Å². The molecule has 9 nitrogen and oxygen atoms in total.